The zero-order valence-corrected chi connectivity index (χ0v) is 27.9. The van der Waals surface area contributed by atoms with Gasteiger partial charge in [0.05, 0.1) is 0 Å². The molecule has 3 heterocycles. The minimum atomic E-state index is -1.30. The smallest absolute Gasteiger partial charge is 0.408 e. The average molecular weight is 715 g/mol. The van der Waals surface area contributed by atoms with Gasteiger partial charge in [-0.05, 0) is 30.4 Å². The van der Waals surface area contributed by atoms with Crippen LogP contribution in [-0.4, -0.2) is 69.9 Å². The third kappa shape index (κ3) is 9.48. The predicted octanol–water partition coefficient (Wildman–Crippen LogP) is 3.65. The monoisotopic (exact) mass is 714 g/mol. The van der Waals surface area contributed by atoms with Crippen LogP contribution in [0.2, 0.25) is 0 Å². The Kier molecular flexibility index (Phi) is 12.0. The first-order valence-corrected chi connectivity index (χ1v) is 16.7. The average Bonchev–Trinajstić information content (AvgIpc) is 3.91. The second-order valence-corrected chi connectivity index (χ2v) is 11.9. The number of aromatic nitrogens is 3. The van der Waals surface area contributed by atoms with Gasteiger partial charge in [-0.1, -0.05) is 91.0 Å². The highest BCUT2D eigenvalue weighted by Gasteiger charge is 2.56. The lowest BCUT2D eigenvalue weighted by atomic mass is 10.1. The lowest BCUT2D eigenvalue weighted by Gasteiger charge is -2.23. The number of amides is 3. The molecule has 2 aliphatic heterocycles. The standard InChI is InChI=1S/C36H38N6O10/c37-29(43)30-39-22-42(41-30)31-27-28(50-33(49-27)25-16-8-3-9-17-25)34(51-31)52-32(44)26(40-36(46)48-21-24-14-6-2-7-15-24)18-10-11-19-38-35(45)47-20-23-12-4-1-5-13-23/h1-9,12-17,22,26-28,31,33-34H,10-11,18-21H2,(H2,37,43)(H,38,45)(H,40,46)/t26-,27+,28?,31?,33?,34+/m0/s1. The van der Waals surface area contributed by atoms with Crippen LogP contribution in [0.1, 0.15) is 59.1 Å². The molecule has 3 unspecified atom stereocenters. The van der Waals surface area contributed by atoms with Gasteiger partial charge in [-0.2, -0.15) is 0 Å². The number of carbonyl (C=O) groups is 4. The van der Waals surface area contributed by atoms with Crippen molar-refractivity contribution in [1.29, 1.82) is 0 Å². The van der Waals surface area contributed by atoms with Gasteiger partial charge in [0.25, 0.3) is 5.91 Å². The highest BCUT2D eigenvalue weighted by molar-refractivity contribution is 5.88. The molecule has 16 heteroatoms. The van der Waals surface area contributed by atoms with E-state index in [9.17, 15) is 19.2 Å². The molecule has 1 aromatic heterocycles. The molecule has 3 amide bonds. The third-order valence-electron chi connectivity index (χ3n) is 8.19. The Morgan fingerprint density at radius 2 is 1.40 bits per heavy atom. The number of primary amides is 1. The molecule has 4 aromatic rings. The lowest BCUT2D eigenvalue weighted by molar-refractivity contribution is -0.222. The summed E-state index contributed by atoms with van der Waals surface area (Å²) in [4.78, 5) is 54.4. The van der Waals surface area contributed by atoms with Gasteiger partial charge in [0.2, 0.25) is 12.1 Å². The van der Waals surface area contributed by atoms with E-state index in [1.165, 1.54) is 11.0 Å². The maximum Gasteiger partial charge on any atom is 0.408 e. The van der Waals surface area contributed by atoms with Gasteiger partial charge >= 0.3 is 18.2 Å². The summed E-state index contributed by atoms with van der Waals surface area (Å²) in [6.45, 7) is 0.381. The van der Waals surface area contributed by atoms with E-state index in [1.807, 2.05) is 78.9 Å². The first kappa shape index (κ1) is 36.0. The second kappa shape index (κ2) is 17.4. The van der Waals surface area contributed by atoms with Gasteiger partial charge in [0.15, 0.2) is 18.6 Å². The molecule has 2 saturated heterocycles. The van der Waals surface area contributed by atoms with Crippen LogP contribution < -0.4 is 16.4 Å². The molecule has 0 radical (unpaired) electrons. The van der Waals surface area contributed by atoms with Gasteiger partial charge in [0, 0.05) is 12.1 Å². The van der Waals surface area contributed by atoms with E-state index < -0.39 is 61.1 Å². The summed E-state index contributed by atoms with van der Waals surface area (Å²) >= 11 is 0. The minimum absolute atomic E-state index is 0.0160. The fourth-order valence-electron chi connectivity index (χ4n) is 5.59. The molecule has 4 N–H and O–H groups in total. The van der Waals surface area contributed by atoms with E-state index in [4.69, 9.17) is 34.2 Å². The molecular formula is C36H38N6O10. The zero-order chi connectivity index (χ0) is 36.3. The summed E-state index contributed by atoms with van der Waals surface area (Å²) in [5, 5.41) is 9.38. The Bertz CT molecular complexity index is 1790. The number of ether oxygens (including phenoxy) is 6. The van der Waals surface area contributed by atoms with Crippen LogP contribution in [0.4, 0.5) is 9.59 Å². The van der Waals surface area contributed by atoms with E-state index >= 15 is 0 Å². The number of rotatable bonds is 15. The third-order valence-corrected chi connectivity index (χ3v) is 8.19. The van der Waals surface area contributed by atoms with Gasteiger partial charge < -0.3 is 44.8 Å². The van der Waals surface area contributed by atoms with Crippen molar-refractivity contribution in [2.75, 3.05) is 6.54 Å². The van der Waals surface area contributed by atoms with Crippen molar-refractivity contribution in [3.8, 4) is 0 Å². The Hall–Kier alpha value is -5.84. The van der Waals surface area contributed by atoms with Crippen molar-refractivity contribution >= 4 is 24.1 Å². The van der Waals surface area contributed by atoms with Crippen molar-refractivity contribution in [3.63, 3.8) is 0 Å². The molecular weight excluding hydrogens is 676 g/mol. The number of hydrogen-bond acceptors (Lipinski definition) is 12. The Balaban J connectivity index is 1.09. The van der Waals surface area contributed by atoms with Gasteiger partial charge in [-0.15, -0.1) is 5.10 Å². The number of hydrogen-bond donors (Lipinski definition) is 3. The Morgan fingerprint density at radius 3 is 2.04 bits per heavy atom. The molecule has 6 atom stereocenters. The number of nitrogens with two attached hydrogens (primary N) is 1. The highest BCUT2D eigenvalue weighted by Crippen LogP contribution is 2.44. The van der Waals surface area contributed by atoms with Gasteiger partial charge in [-0.25, -0.2) is 24.0 Å². The number of nitrogens with one attached hydrogen (secondary N) is 2. The molecule has 6 rings (SSSR count). The molecule has 0 bridgehead atoms. The van der Waals surface area contributed by atoms with Crippen LogP contribution in [0.5, 0.6) is 0 Å². The summed E-state index contributed by atoms with van der Waals surface area (Å²) in [5.74, 6) is -1.90. The molecule has 272 valence electrons. The number of esters is 1. The van der Waals surface area contributed by atoms with E-state index in [1.54, 1.807) is 12.1 Å². The SMILES string of the molecule is NC(=O)c1ncn(C2O[C@H](OC(=O)[C@H](CCCCNC(=O)OCc3ccccc3)NC(=O)OCc3ccccc3)C3OC(c4ccccc4)O[C@H]32)n1. The largest absolute Gasteiger partial charge is 0.445 e. The number of unbranched alkanes of at least 4 members (excludes halogenated alkanes) is 1. The summed E-state index contributed by atoms with van der Waals surface area (Å²) in [6, 6.07) is 26.3. The molecule has 0 aliphatic carbocycles. The number of nitrogens with zero attached hydrogens (tertiary/aromatic N) is 3. The van der Waals surface area contributed by atoms with Crippen molar-refractivity contribution in [2.45, 2.75) is 69.5 Å². The van der Waals surface area contributed by atoms with E-state index in [0.29, 0.717) is 12.8 Å². The Labute approximate surface area is 298 Å². The fourth-order valence-corrected chi connectivity index (χ4v) is 5.59. The summed E-state index contributed by atoms with van der Waals surface area (Å²) in [5.41, 5.74) is 7.68. The van der Waals surface area contributed by atoms with Crippen LogP contribution in [-0.2, 0) is 46.4 Å². The molecule has 2 aliphatic rings. The first-order valence-electron chi connectivity index (χ1n) is 16.7. The van der Waals surface area contributed by atoms with Crippen LogP contribution in [0.25, 0.3) is 0 Å². The summed E-state index contributed by atoms with van der Waals surface area (Å²) in [7, 11) is 0. The topological polar surface area (TPSA) is 204 Å². The van der Waals surface area contributed by atoms with Crippen molar-refractivity contribution in [1.82, 2.24) is 25.4 Å². The molecule has 3 aromatic carbocycles. The van der Waals surface area contributed by atoms with Crippen LogP contribution >= 0.6 is 0 Å². The fraction of sp³-hybridized carbons (Fsp3) is 0.333. The number of fused-ring (bicyclic) bond motifs is 1. The van der Waals surface area contributed by atoms with Crippen molar-refractivity contribution in [2.24, 2.45) is 5.73 Å². The molecule has 52 heavy (non-hydrogen) atoms. The lowest BCUT2D eigenvalue weighted by Crippen LogP contribution is -2.44. The highest BCUT2D eigenvalue weighted by atomic mass is 16.8. The number of benzene rings is 3. The predicted molar refractivity (Wildman–Crippen MR) is 180 cm³/mol. The molecule has 2 fully saturated rings. The van der Waals surface area contributed by atoms with Crippen LogP contribution in [0, 0.1) is 0 Å². The second-order valence-electron chi connectivity index (χ2n) is 11.9. The van der Waals surface area contributed by atoms with E-state index in [-0.39, 0.29) is 32.0 Å². The quantitative estimate of drug-likeness (QED) is 0.0917. The van der Waals surface area contributed by atoms with Crippen LogP contribution in [0.15, 0.2) is 97.3 Å². The molecule has 0 spiro atoms. The number of alkyl carbamates (subject to hydrolysis) is 2. The molecule has 16 nitrogen and oxygen atoms in total. The van der Waals surface area contributed by atoms with E-state index in [0.717, 1.165) is 16.7 Å². The summed E-state index contributed by atoms with van der Waals surface area (Å²) < 4.78 is 36.1. The molecule has 0 saturated carbocycles. The first-order chi connectivity index (χ1) is 25.3. The van der Waals surface area contributed by atoms with Gasteiger partial charge in [0.1, 0.15) is 31.7 Å². The maximum absolute atomic E-state index is 13.7. The van der Waals surface area contributed by atoms with Crippen molar-refractivity contribution in [3.05, 3.63) is 120 Å². The minimum Gasteiger partial charge on any atom is -0.445 e. The summed E-state index contributed by atoms with van der Waals surface area (Å²) in [6.07, 6.45) is -4.03. The van der Waals surface area contributed by atoms with E-state index in [2.05, 4.69) is 20.7 Å². The number of carbonyl (C=O) groups excluding carboxylic acids is 4. The zero-order valence-electron chi connectivity index (χ0n) is 27.9. The maximum atomic E-state index is 13.7. The normalized spacial score (nSPS) is 21.0. The van der Waals surface area contributed by atoms with Gasteiger partial charge in [-0.3, -0.25) is 4.79 Å². The van der Waals surface area contributed by atoms with Crippen molar-refractivity contribution < 1.29 is 47.6 Å². The van der Waals surface area contributed by atoms with Crippen LogP contribution in [0.3, 0.4) is 0 Å². The Morgan fingerprint density at radius 1 is 0.788 bits per heavy atom.